The molecule has 0 spiro atoms. The van der Waals surface area contributed by atoms with Gasteiger partial charge in [0.2, 0.25) is 0 Å². The molecule has 2 aromatic heterocycles. The molecule has 2 atom stereocenters. The van der Waals surface area contributed by atoms with Gasteiger partial charge < -0.3 is 5.32 Å². The predicted octanol–water partition coefficient (Wildman–Crippen LogP) is 3.19. The molecule has 0 aliphatic rings. The Labute approximate surface area is 99.9 Å². The second-order valence-electron chi connectivity index (χ2n) is 4.09. The zero-order valence-electron chi connectivity index (χ0n) is 9.82. The highest BCUT2D eigenvalue weighted by molar-refractivity contribution is 7.12. The lowest BCUT2D eigenvalue weighted by atomic mass is 10.1. The first kappa shape index (κ1) is 11.4. The van der Waals surface area contributed by atoms with E-state index in [-0.39, 0.29) is 0 Å². The molecule has 86 valence electrons. The van der Waals surface area contributed by atoms with Gasteiger partial charge in [0.05, 0.1) is 6.20 Å². The van der Waals surface area contributed by atoms with Gasteiger partial charge in [0.15, 0.2) is 0 Å². The highest BCUT2D eigenvalue weighted by Crippen LogP contribution is 2.24. The van der Waals surface area contributed by atoms with Gasteiger partial charge in [-0.15, -0.1) is 11.3 Å². The minimum Gasteiger partial charge on any atom is -0.303 e. The molecule has 0 amide bonds. The average Bonchev–Trinajstić information content (AvgIpc) is 2.87. The van der Waals surface area contributed by atoms with Crippen LogP contribution in [0.3, 0.4) is 0 Å². The van der Waals surface area contributed by atoms with Crippen LogP contribution in [0, 0.1) is 6.92 Å². The molecule has 0 aliphatic carbocycles. The Bertz CT molecular complexity index is 433. The second-order valence-corrected chi connectivity index (χ2v) is 5.41. The number of hydrogen-bond donors (Lipinski definition) is 2. The van der Waals surface area contributed by atoms with Gasteiger partial charge in [-0.2, -0.15) is 5.10 Å². The summed E-state index contributed by atoms with van der Waals surface area (Å²) in [5, 5.41) is 10.4. The number of aromatic amines is 1. The monoisotopic (exact) mass is 235 g/mol. The third-order valence-electron chi connectivity index (χ3n) is 2.71. The van der Waals surface area contributed by atoms with Crippen molar-refractivity contribution < 1.29 is 0 Å². The lowest BCUT2D eigenvalue weighted by Gasteiger charge is -2.17. The van der Waals surface area contributed by atoms with Crippen molar-refractivity contribution in [3.05, 3.63) is 39.8 Å². The summed E-state index contributed by atoms with van der Waals surface area (Å²) >= 11 is 1.85. The van der Waals surface area contributed by atoms with Crippen LogP contribution in [0.4, 0.5) is 0 Å². The molecule has 2 heterocycles. The van der Waals surface area contributed by atoms with E-state index >= 15 is 0 Å². The van der Waals surface area contributed by atoms with Crippen LogP contribution < -0.4 is 5.32 Å². The van der Waals surface area contributed by atoms with Crippen LogP contribution in [-0.2, 0) is 0 Å². The molecule has 2 N–H and O–H groups in total. The van der Waals surface area contributed by atoms with Crippen LogP contribution in [0.25, 0.3) is 0 Å². The molecule has 16 heavy (non-hydrogen) atoms. The van der Waals surface area contributed by atoms with Crippen molar-refractivity contribution in [1.82, 2.24) is 15.5 Å². The first-order valence-electron chi connectivity index (χ1n) is 5.48. The molecule has 0 fully saturated rings. The Morgan fingerprint density at radius 2 is 2.12 bits per heavy atom. The van der Waals surface area contributed by atoms with Crippen molar-refractivity contribution >= 4 is 11.3 Å². The molecule has 2 rings (SSSR count). The number of aryl methyl sites for hydroxylation is 1. The van der Waals surface area contributed by atoms with Crippen molar-refractivity contribution in [3.63, 3.8) is 0 Å². The second kappa shape index (κ2) is 4.80. The van der Waals surface area contributed by atoms with E-state index in [0.717, 1.165) is 0 Å². The van der Waals surface area contributed by atoms with Crippen molar-refractivity contribution in [3.8, 4) is 0 Å². The summed E-state index contributed by atoms with van der Waals surface area (Å²) in [6.07, 6.45) is 3.80. The fraction of sp³-hybridized carbons (Fsp3) is 0.417. The molecular formula is C12H17N3S. The molecule has 2 aromatic rings. The molecule has 4 heteroatoms. The van der Waals surface area contributed by atoms with Crippen LogP contribution in [0.1, 0.15) is 41.2 Å². The number of nitrogens with zero attached hydrogens (tertiary/aromatic N) is 1. The third kappa shape index (κ3) is 2.51. The summed E-state index contributed by atoms with van der Waals surface area (Å²) < 4.78 is 0. The molecule has 0 saturated heterocycles. The van der Waals surface area contributed by atoms with E-state index in [9.17, 15) is 0 Å². The smallest absolute Gasteiger partial charge is 0.0534 e. The van der Waals surface area contributed by atoms with Crippen molar-refractivity contribution in [1.29, 1.82) is 0 Å². The lowest BCUT2D eigenvalue weighted by molar-refractivity contribution is 0.500. The third-order valence-corrected chi connectivity index (χ3v) is 3.89. The number of H-pyrrole nitrogens is 1. The molecule has 0 saturated carbocycles. The summed E-state index contributed by atoms with van der Waals surface area (Å²) in [5.74, 6) is 0. The van der Waals surface area contributed by atoms with E-state index in [1.165, 1.54) is 15.3 Å². The fourth-order valence-corrected chi connectivity index (χ4v) is 2.63. The Morgan fingerprint density at radius 1 is 1.31 bits per heavy atom. The van der Waals surface area contributed by atoms with Gasteiger partial charge in [0, 0.05) is 33.6 Å². The summed E-state index contributed by atoms with van der Waals surface area (Å²) in [6, 6.07) is 5.06. The Kier molecular flexibility index (Phi) is 3.41. The van der Waals surface area contributed by atoms with E-state index in [1.54, 1.807) is 0 Å². The molecule has 0 radical (unpaired) electrons. The predicted molar refractivity (Wildman–Crippen MR) is 67.6 cm³/mol. The van der Waals surface area contributed by atoms with Crippen LogP contribution >= 0.6 is 11.3 Å². The van der Waals surface area contributed by atoms with Crippen LogP contribution in [0.15, 0.2) is 24.5 Å². The van der Waals surface area contributed by atoms with Crippen LogP contribution in [-0.4, -0.2) is 10.2 Å². The van der Waals surface area contributed by atoms with Gasteiger partial charge in [0.25, 0.3) is 0 Å². The quantitative estimate of drug-likeness (QED) is 0.854. The number of thiophene rings is 1. The normalized spacial score (nSPS) is 14.9. The summed E-state index contributed by atoms with van der Waals surface area (Å²) in [7, 11) is 0. The van der Waals surface area contributed by atoms with Crippen molar-refractivity contribution in [2.75, 3.05) is 0 Å². The Morgan fingerprint density at radius 3 is 2.69 bits per heavy atom. The highest BCUT2D eigenvalue weighted by atomic mass is 32.1. The number of rotatable bonds is 4. The minimum atomic E-state index is 0.316. The topological polar surface area (TPSA) is 40.7 Å². The molecular weight excluding hydrogens is 218 g/mol. The van der Waals surface area contributed by atoms with Crippen LogP contribution in [0.5, 0.6) is 0 Å². The Hall–Kier alpha value is -1.13. The summed E-state index contributed by atoms with van der Waals surface area (Å²) in [6.45, 7) is 6.49. The Balaban J connectivity index is 2.00. The van der Waals surface area contributed by atoms with Gasteiger partial charge in [-0.1, -0.05) is 0 Å². The first-order chi connectivity index (χ1) is 7.66. The maximum Gasteiger partial charge on any atom is 0.0534 e. The summed E-state index contributed by atoms with van der Waals surface area (Å²) in [4.78, 5) is 2.74. The van der Waals surface area contributed by atoms with E-state index in [2.05, 4.69) is 48.4 Å². The molecule has 2 unspecified atom stereocenters. The largest absolute Gasteiger partial charge is 0.303 e. The maximum atomic E-state index is 3.97. The average molecular weight is 235 g/mol. The van der Waals surface area contributed by atoms with E-state index in [4.69, 9.17) is 0 Å². The van der Waals surface area contributed by atoms with Gasteiger partial charge in [-0.05, 0) is 32.9 Å². The van der Waals surface area contributed by atoms with Crippen molar-refractivity contribution in [2.45, 2.75) is 32.9 Å². The van der Waals surface area contributed by atoms with E-state index < -0.39 is 0 Å². The molecule has 0 aliphatic heterocycles. The van der Waals surface area contributed by atoms with Gasteiger partial charge >= 0.3 is 0 Å². The zero-order chi connectivity index (χ0) is 11.5. The van der Waals surface area contributed by atoms with Crippen molar-refractivity contribution in [2.24, 2.45) is 0 Å². The van der Waals surface area contributed by atoms with Crippen LogP contribution in [0.2, 0.25) is 0 Å². The van der Waals surface area contributed by atoms with Gasteiger partial charge in [0.1, 0.15) is 0 Å². The maximum absolute atomic E-state index is 3.97. The standard InChI is InChI=1S/C12H17N3S/c1-8-4-5-12(16-8)10(3)15-9(2)11-6-13-14-7-11/h4-7,9-10,15H,1-3H3,(H,13,14). The molecule has 0 aromatic carbocycles. The van der Waals surface area contributed by atoms with Gasteiger partial charge in [-0.25, -0.2) is 0 Å². The number of nitrogens with one attached hydrogen (secondary N) is 2. The van der Waals surface area contributed by atoms with Gasteiger partial charge in [-0.3, -0.25) is 5.10 Å². The molecule has 0 bridgehead atoms. The lowest BCUT2D eigenvalue weighted by Crippen LogP contribution is -2.21. The van der Waals surface area contributed by atoms with E-state index in [1.807, 2.05) is 23.7 Å². The fourth-order valence-electron chi connectivity index (χ4n) is 1.74. The number of aromatic nitrogens is 2. The first-order valence-corrected chi connectivity index (χ1v) is 6.29. The van der Waals surface area contributed by atoms with E-state index in [0.29, 0.717) is 12.1 Å². The highest BCUT2D eigenvalue weighted by Gasteiger charge is 2.12. The summed E-state index contributed by atoms with van der Waals surface area (Å²) in [5.41, 5.74) is 1.19. The zero-order valence-corrected chi connectivity index (χ0v) is 10.6. The minimum absolute atomic E-state index is 0.316. The number of hydrogen-bond acceptors (Lipinski definition) is 3. The molecule has 3 nitrogen and oxygen atoms in total. The SMILES string of the molecule is Cc1ccc(C(C)NC(C)c2cn[nH]c2)s1.